The van der Waals surface area contributed by atoms with E-state index in [0.29, 0.717) is 24.4 Å². The van der Waals surface area contributed by atoms with Crippen LogP contribution in [0.2, 0.25) is 0 Å². The highest BCUT2D eigenvalue weighted by Crippen LogP contribution is 2.29. The lowest BCUT2D eigenvalue weighted by molar-refractivity contribution is 0.292. The van der Waals surface area contributed by atoms with Crippen LogP contribution < -0.4 is 5.73 Å². The van der Waals surface area contributed by atoms with E-state index < -0.39 is 10.0 Å². The third-order valence-corrected chi connectivity index (χ3v) is 5.34. The highest BCUT2D eigenvalue weighted by Gasteiger charge is 2.29. The fraction of sp³-hybridized carbons (Fsp3) is 0.400. The maximum Gasteiger partial charge on any atom is 0.243 e. The van der Waals surface area contributed by atoms with Crippen molar-refractivity contribution >= 4 is 10.0 Å². The molecular formula is C15H21N3O3S. The van der Waals surface area contributed by atoms with Crippen LogP contribution in [0, 0.1) is 5.41 Å². The molecule has 0 radical (unpaired) electrons. The molecule has 2 rings (SSSR count). The molecule has 6 nitrogen and oxygen atoms in total. The van der Waals surface area contributed by atoms with E-state index in [-0.39, 0.29) is 10.3 Å². The van der Waals surface area contributed by atoms with E-state index in [4.69, 9.17) is 10.3 Å². The van der Waals surface area contributed by atoms with Crippen molar-refractivity contribution in [3.8, 4) is 11.3 Å². The number of rotatable bonds is 6. The Hall–Kier alpha value is -1.70. The molecule has 0 unspecified atom stereocenters. The number of nitrogens with two attached hydrogens (primary N) is 1. The normalized spacial score (nSPS) is 12.8. The van der Waals surface area contributed by atoms with Gasteiger partial charge in [-0.3, -0.25) is 0 Å². The van der Waals surface area contributed by atoms with E-state index in [1.807, 2.05) is 13.8 Å². The van der Waals surface area contributed by atoms with E-state index in [9.17, 15) is 8.42 Å². The number of nitrogens with zero attached hydrogens (tertiary/aromatic N) is 2. The number of hydrogen-bond acceptors (Lipinski definition) is 5. The van der Waals surface area contributed by atoms with Gasteiger partial charge >= 0.3 is 0 Å². The molecule has 0 saturated carbocycles. The molecule has 0 saturated heterocycles. The largest absolute Gasteiger partial charge is 0.356 e. The summed E-state index contributed by atoms with van der Waals surface area (Å²) in [5.41, 5.74) is 5.89. The summed E-state index contributed by atoms with van der Waals surface area (Å²) in [6, 6.07) is 8.36. The molecule has 0 spiro atoms. The Labute approximate surface area is 131 Å². The standard InChI is InChI=1S/C15H21N3O3S/c1-15(2,10-16)11-18(3)22(19,20)14-7-5-4-6-12(14)13-8-9-17-21-13/h4-9H,10-11,16H2,1-3H3. The average molecular weight is 323 g/mol. The van der Waals surface area contributed by atoms with Crippen LogP contribution in [0.25, 0.3) is 11.3 Å². The van der Waals surface area contributed by atoms with Gasteiger partial charge in [-0.1, -0.05) is 31.1 Å². The Morgan fingerprint density at radius 3 is 2.55 bits per heavy atom. The first-order valence-electron chi connectivity index (χ1n) is 6.94. The zero-order valence-corrected chi connectivity index (χ0v) is 13.8. The highest BCUT2D eigenvalue weighted by molar-refractivity contribution is 7.89. The monoisotopic (exact) mass is 323 g/mol. The van der Waals surface area contributed by atoms with Gasteiger partial charge in [0.15, 0.2) is 5.76 Å². The van der Waals surface area contributed by atoms with E-state index in [2.05, 4.69) is 5.16 Å². The summed E-state index contributed by atoms with van der Waals surface area (Å²) >= 11 is 0. The van der Waals surface area contributed by atoms with Crippen molar-refractivity contribution in [3.63, 3.8) is 0 Å². The third kappa shape index (κ3) is 3.37. The molecule has 0 atom stereocenters. The predicted octanol–water partition coefficient (Wildman–Crippen LogP) is 1.95. The Kier molecular flexibility index (Phi) is 4.69. The summed E-state index contributed by atoms with van der Waals surface area (Å²) in [6.07, 6.45) is 1.49. The maximum absolute atomic E-state index is 12.9. The van der Waals surface area contributed by atoms with Gasteiger partial charge in [-0.25, -0.2) is 12.7 Å². The maximum atomic E-state index is 12.9. The Morgan fingerprint density at radius 1 is 1.27 bits per heavy atom. The molecule has 22 heavy (non-hydrogen) atoms. The van der Waals surface area contributed by atoms with Crippen LogP contribution in [0.3, 0.4) is 0 Å². The molecule has 0 bridgehead atoms. The Bertz CT molecular complexity index is 724. The zero-order valence-electron chi connectivity index (χ0n) is 13.0. The van der Waals surface area contributed by atoms with Crippen LogP contribution in [-0.2, 0) is 10.0 Å². The van der Waals surface area contributed by atoms with Crippen LogP contribution in [0.5, 0.6) is 0 Å². The molecule has 0 amide bonds. The molecule has 7 heteroatoms. The quantitative estimate of drug-likeness (QED) is 0.877. The second-order valence-corrected chi connectivity index (χ2v) is 8.02. The summed E-state index contributed by atoms with van der Waals surface area (Å²) in [6.45, 7) is 4.59. The van der Waals surface area contributed by atoms with Gasteiger partial charge in [0, 0.05) is 25.2 Å². The van der Waals surface area contributed by atoms with Gasteiger partial charge in [0.05, 0.1) is 11.1 Å². The number of hydrogen-bond donors (Lipinski definition) is 1. The van der Waals surface area contributed by atoms with E-state index in [0.717, 1.165) is 0 Å². The Morgan fingerprint density at radius 2 is 1.95 bits per heavy atom. The lowest BCUT2D eigenvalue weighted by atomic mass is 9.94. The van der Waals surface area contributed by atoms with E-state index in [1.54, 1.807) is 37.4 Å². The molecule has 1 aromatic heterocycles. The third-order valence-electron chi connectivity index (χ3n) is 3.48. The topological polar surface area (TPSA) is 89.4 Å². The molecule has 0 aliphatic carbocycles. The lowest BCUT2D eigenvalue weighted by Crippen LogP contribution is -2.39. The van der Waals surface area contributed by atoms with Crippen molar-refractivity contribution in [2.75, 3.05) is 20.1 Å². The van der Waals surface area contributed by atoms with Crippen LogP contribution in [0.4, 0.5) is 0 Å². The van der Waals surface area contributed by atoms with Gasteiger partial charge in [0.25, 0.3) is 0 Å². The smallest absolute Gasteiger partial charge is 0.243 e. The van der Waals surface area contributed by atoms with Gasteiger partial charge in [-0.05, 0) is 24.1 Å². The minimum Gasteiger partial charge on any atom is -0.356 e. The van der Waals surface area contributed by atoms with Gasteiger partial charge in [0.2, 0.25) is 10.0 Å². The number of sulfonamides is 1. The van der Waals surface area contributed by atoms with E-state index in [1.165, 1.54) is 10.5 Å². The van der Waals surface area contributed by atoms with Crippen molar-refractivity contribution in [2.45, 2.75) is 18.7 Å². The number of benzene rings is 1. The lowest BCUT2D eigenvalue weighted by Gasteiger charge is -2.28. The predicted molar refractivity (Wildman–Crippen MR) is 84.6 cm³/mol. The fourth-order valence-corrected chi connectivity index (χ4v) is 3.72. The summed E-state index contributed by atoms with van der Waals surface area (Å²) in [7, 11) is -2.09. The second kappa shape index (κ2) is 6.20. The van der Waals surface area contributed by atoms with Crippen LogP contribution in [0.15, 0.2) is 45.9 Å². The van der Waals surface area contributed by atoms with Crippen molar-refractivity contribution in [2.24, 2.45) is 11.1 Å². The molecule has 0 aliphatic heterocycles. The first-order valence-corrected chi connectivity index (χ1v) is 8.38. The second-order valence-electron chi connectivity index (χ2n) is 6.00. The first kappa shape index (κ1) is 16.7. The van der Waals surface area contributed by atoms with Crippen LogP contribution in [0.1, 0.15) is 13.8 Å². The molecule has 1 heterocycles. The van der Waals surface area contributed by atoms with Crippen molar-refractivity contribution in [1.29, 1.82) is 0 Å². The van der Waals surface area contributed by atoms with Gasteiger partial charge in [-0.2, -0.15) is 0 Å². The Balaban J connectivity index is 2.43. The van der Waals surface area contributed by atoms with Gasteiger partial charge in [-0.15, -0.1) is 0 Å². The van der Waals surface area contributed by atoms with Gasteiger partial charge < -0.3 is 10.3 Å². The zero-order chi connectivity index (χ0) is 16.4. The van der Waals surface area contributed by atoms with Crippen molar-refractivity contribution in [3.05, 3.63) is 36.5 Å². The summed E-state index contributed by atoms with van der Waals surface area (Å²) in [5, 5.41) is 3.64. The first-order chi connectivity index (χ1) is 10.3. The van der Waals surface area contributed by atoms with Crippen molar-refractivity contribution in [1.82, 2.24) is 9.46 Å². The molecule has 0 fully saturated rings. The van der Waals surface area contributed by atoms with Crippen molar-refractivity contribution < 1.29 is 12.9 Å². The molecule has 2 aromatic rings. The van der Waals surface area contributed by atoms with Gasteiger partial charge in [0.1, 0.15) is 0 Å². The number of aromatic nitrogens is 1. The minimum absolute atomic E-state index is 0.196. The minimum atomic E-state index is -3.65. The summed E-state index contributed by atoms with van der Waals surface area (Å²) in [5.74, 6) is 0.422. The molecule has 0 aliphatic rings. The van der Waals surface area contributed by atoms with Crippen LogP contribution >= 0.6 is 0 Å². The highest BCUT2D eigenvalue weighted by atomic mass is 32.2. The molecule has 1 aromatic carbocycles. The molecule has 120 valence electrons. The molecular weight excluding hydrogens is 302 g/mol. The SMILES string of the molecule is CN(CC(C)(C)CN)S(=O)(=O)c1ccccc1-c1ccno1. The molecule has 2 N–H and O–H groups in total. The fourth-order valence-electron chi connectivity index (χ4n) is 2.17. The average Bonchev–Trinajstić information content (AvgIpc) is 3.01. The van der Waals surface area contributed by atoms with Crippen LogP contribution in [-0.4, -0.2) is 38.0 Å². The van der Waals surface area contributed by atoms with E-state index >= 15 is 0 Å². The summed E-state index contributed by atoms with van der Waals surface area (Å²) in [4.78, 5) is 0.196. The summed E-state index contributed by atoms with van der Waals surface area (Å²) < 4.78 is 32.2.